The first-order valence-corrected chi connectivity index (χ1v) is 11.9. The first-order valence-electron chi connectivity index (χ1n) is 11.9. The SMILES string of the molecule is Cc1ccc2cc(CN(Cc3ccc(F)cc3)[C@H](c3nnnn3C(C)(C)C)C(C)C)c(=O)[nH]c2c1. The molecule has 4 aromatic rings. The quantitative estimate of drug-likeness (QED) is 0.401. The van der Waals surface area contributed by atoms with Crippen LogP contribution in [0.5, 0.6) is 0 Å². The van der Waals surface area contributed by atoms with E-state index in [0.29, 0.717) is 18.7 Å². The highest BCUT2D eigenvalue weighted by Crippen LogP contribution is 2.32. The van der Waals surface area contributed by atoms with Crippen molar-refractivity contribution in [2.45, 2.75) is 66.2 Å². The molecule has 0 unspecified atom stereocenters. The second-order valence-corrected chi connectivity index (χ2v) is 10.6. The number of hydrogen-bond acceptors (Lipinski definition) is 5. The number of pyridine rings is 1. The van der Waals surface area contributed by atoms with Crippen LogP contribution in [-0.2, 0) is 18.6 Å². The number of nitrogens with one attached hydrogen (secondary N) is 1. The van der Waals surface area contributed by atoms with Gasteiger partial charge in [0.2, 0.25) is 0 Å². The van der Waals surface area contributed by atoms with E-state index in [2.05, 4.69) is 60.0 Å². The Kier molecular flexibility index (Phi) is 6.85. The maximum Gasteiger partial charge on any atom is 0.252 e. The third-order valence-corrected chi connectivity index (χ3v) is 6.17. The third kappa shape index (κ3) is 5.48. The number of hydrogen-bond donors (Lipinski definition) is 1. The van der Waals surface area contributed by atoms with Crippen LogP contribution in [0.1, 0.15) is 63.2 Å². The van der Waals surface area contributed by atoms with Crippen LogP contribution in [-0.4, -0.2) is 30.1 Å². The summed E-state index contributed by atoms with van der Waals surface area (Å²) in [5.41, 5.74) is 3.08. The van der Waals surface area contributed by atoms with Gasteiger partial charge in [0.1, 0.15) is 5.82 Å². The summed E-state index contributed by atoms with van der Waals surface area (Å²) in [6.07, 6.45) is 0. The molecule has 0 saturated carbocycles. The lowest BCUT2D eigenvalue weighted by molar-refractivity contribution is 0.119. The molecule has 7 nitrogen and oxygen atoms in total. The van der Waals surface area contributed by atoms with Crippen molar-refractivity contribution >= 4 is 10.9 Å². The smallest absolute Gasteiger partial charge is 0.252 e. The second-order valence-electron chi connectivity index (χ2n) is 10.6. The van der Waals surface area contributed by atoms with Crippen LogP contribution in [0.3, 0.4) is 0 Å². The van der Waals surface area contributed by atoms with Gasteiger partial charge in [-0.2, -0.15) is 0 Å². The molecule has 0 aliphatic rings. The summed E-state index contributed by atoms with van der Waals surface area (Å²) >= 11 is 0. The van der Waals surface area contributed by atoms with Crippen LogP contribution in [0.15, 0.2) is 53.3 Å². The molecule has 0 amide bonds. The van der Waals surface area contributed by atoms with Gasteiger partial charge in [-0.25, -0.2) is 9.07 Å². The van der Waals surface area contributed by atoms with E-state index in [1.165, 1.54) is 12.1 Å². The van der Waals surface area contributed by atoms with Gasteiger partial charge in [-0.05, 0) is 84.8 Å². The van der Waals surface area contributed by atoms with Crippen molar-refractivity contribution in [1.82, 2.24) is 30.1 Å². The number of aromatic amines is 1. The normalized spacial score (nSPS) is 13.2. The fraction of sp³-hybridized carbons (Fsp3) is 0.407. The Morgan fingerprint density at radius 3 is 2.43 bits per heavy atom. The lowest BCUT2D eigenvalue weighted by atomic mass is 9.98. The van der Waals surface area contributed by atoms with Gasteiger partial charge < -0.3 is 4.98 Å². The van der Waals surface area contributed by atoms with Gasteiger partial charge in [0, 0.05) is 24.2 Å². The molecule has 184 valence electrons. The number of rotatable bonds is 7. The van der Waals surface area contributed by atoms with Crippen molar-refractivity contribution in [3.05, 3.63) is 87.2 Å². The Morgan fingerprint density at radius 2 is 1.77 bits per heavy atom. The summed E-state index contributed by atoms with van der Waals surface area (Å²) in [4.78, 5) is 18.3. The molecule has 1 N–H and O–H groups in total. The molecule has 35 heavy (non-hydrogen) atoms. The van der Waals surface area contributed by atoms with Crippen molar-refractivity contribution in [3.8, 4) is 0 Å². The largest absolute Gasteiger partial charge is 0.322 e. The van der Waals surface area contributed by atoms with Crippen LogP contribution in [0, 0.1) is 18.7 Å². The standard InChI is InChI=1S/C27H33FN6O/c1-17(2)24(25-30-31-32-34(25)27(4,5)6)33(15-19-8-11-22(28)12-9-19)16-21-14-20-10-7-18(3)13-23(20)29-26(21)35/h7-14,17,24H,15-16H2,1-6H3,(H,29,35)/t24-/m0/s1. The van der Waals surface area contributed by atoms with E-state index in [1.54, 1.807) is 12.1 Å². The van der Waals surface area contributed by atoms with Gasteiger partial charge in [0.05, 0.1) is 11.6 Å². The van der Waals surface area contributed by atoms with Gasteiger partial charge in [-0.1, -0.05) is 38.1 Å². The van der Waals surface area contributed by atoms with Crippen molar-refractivity contribution in [3.63, 3.8) is 0 Å². The molecule has 0 aliphatic carbocycles. The number of H-pyrrole nitrogens is 1. The van der Waals surface area contributed by atoms with Crippen LogP contribution in [0.2, 0.25) is 0 Å². The predicted octanol–water partition coefficient (Wildman–Crippen LogP) is 5.12. The van der Waals surface area contributed by atoms with Crippen molar-refractivity contribution < 1.29 is 4.39 Å². The number of benzene rings is 2. The topological polar surface area (TPSA) is 79.7 Å². The predicted molar refractivity (Wildman–Crippen MR) is 135 cm³/mol. The highest BCUT2D eigenvalue weighted by molar-refractivity contribution is 5.79. The number of halogens is 1. The molecule has 0 spiro atoms. The maximum atomic E-state index is 13.6. The van der Waals surface area contributed by atoms with Crippen LogP contribution in [0.25, 0.3) is 10.9 Å². The minimum Gasteiger partial charge on any atom is -0.322 e. The molecule has 0 aliphatic heterocycles. The number of nitrogens with zero attached hydrogens (tertiary/aromatic N) is 5. The first-order chi connectivity index (χ1) is 16.5. The molecule has 2 aromatic heterocycles. The zero-order chi connectivity index (χ0) is 25.3. The van der Waals surface area contributed by atoms with Crippen LogP contribution < -0.4 is 5.56 Å². The Balaban J connectivity index is 1.80. The minimum absolute atomic E-state index is 0.120. The first kappa shape index (κ1) is 24.7. The van der Waals surface area contributed by atoms with E-state index >= 15 is 0 Å². The van der Waals surface area contributed by atoms with E-state index in [-0.39, 0.29) is 28.9 Å². The Hall–Kier alpha value is -3.39. The van der Waals surface area contributed by atoms with Crippen molar-refractivity contribution in [2.24, 2.45) is 5.92 Å². The number of tetrazole rings is 1. The zero-order valence-electron chi connectivity index (χ0n) is 21.2. The summed E-state index contributed by atoms with van der Waals surface area (Å²) in [5.74, 6) is 0.603. The van der Waals surface area contributed by atoms with E-state index in [1.807, 2.05) is 35.9 Å². The summed E-state index contributed by atoms with van der Waals surface area (Å²) in [5, 5.41) is 13.7. The summed E-state index contributed by atoms with van der Waals surface area (Å²) in [7, 11) is 0. The fourth-order valence-corrected chi connectivity index (χ4v) is 4.51. The average Bonchev–Trinajstić information content (AvgIpc) is 3.25. The highest BCUT2D eigenvalue weighted by atomic mass is 19.1. The molecule has 0 bridgehead atoms. The third-order valence-electron chi connectivity index (χ3n) is 6.17. The van der Waals surface area contributed by atoms with Crippen molar-refractivity contribution in [2.75, 3.05) is 0 Å². The number of aryl methyl sites for hydroxylation is 1. The summed E-state index contributed by atoms with van der Waals surface area (Å²) < 4.78 is 15.5. The van der Waals surface area contributed by atoms with Gasteiger partial charge in [-0.3, -0.25) is 9.69 Å². The molecular formula is C27H33FN6O. The van der Waals surface area contributed by atoms with Gasteiger partial charge in [0.15, 0.2) is 5.82 Å². The highest BCUT2D eigenvalue weighted by Gasteiger charge is 2.33. The Morgan fingerprint density at radius 1 is 1.06 bits per heavy atom. The van der Waals surface area contributed by atoms with Gasteiger partial charge in [0.25, 0.3) is 5.56 Å². The molecule has 2 heterocycles. The molecule has 0 radical (unpaired) electrons. The van der Waals surface area contributed by atoms with Gasteiger partial charge in [-0.15, -0.1) is 5.10 Å². The van der Waals surface area contributed by atoms with Crippen LogP contribution >= 0.6 is 0 Å². The van der Waals surface area contributed by atoms with E-state index in [0.717, 1.165) is 27.9 Å². The van der Waals surface area contributed by atoms with Crippen LogP contribution in [0.4, 0.5) is 4.39 Å². The Labute approximate surface area is 205 Å². The molecule has 4 rings (SSSR count). The summed E-state index contributed by atoms with van der Waals surface area (Å²) in [6.45, 7) is 13.3. The molecule has 2 aromatic carbocycles. The van der Waals surface area contributed by atoms with E-state index < -0.39 is 0 Å². The number of aromatic nitrogens is 5. The van der Waals surface area contributed by atoms with Crippen molar-refractivity contribution in [1.29, 1.82) is 0 Å². The van der Waals surface area contributed by atoms with Gasteiger partial charge >= 0.3 is 0 Å². The fourth-order valence-electron chi connectivity index (χ4n) is 4.51. The molecule has 8 heteroatoms. The molecule has 0 fully saturated rings. The molecule has 1 atom stereocenters. The zero-order valence-corrected chi connectivity index (χ0v) is 21.2. The lowest BCUT2D eigenvalue weighted by Crippen LogP contribution is -2.37. The number of fused-ring (bicyclic) bond motifs is 1. The minimum atomic E-state index is -0.314. The second kappa shape index (κ2) is 9.70. The summed E-state index contributed by atoms with van der Waals surface area (Å²) in [6, 6.07) is 14.3. The Bertz CT molecular complexity index is 1370. The average molecular weight is 477 g/mol. The lowest BCUT2D eigenvalue weighted by Gasteiger charge is -2.35. The molecular weight excluding hydrogens is 443 g/mol. The van der Waals surface area contributed by atoms with E-state index in [4.69, 9.17) is 0 Å². The monoisotopic (exact) mass is 476 g/mol. The van der Waals surface area contributed by atoms with E-state index in [9.17, 15) is 9.18 Å². The maximum absolute atomic E-state index is 13.6. The molecule has 0 saturated heterocycles.